The summed E-state index contributed by atoms with van der Waals surface area (Å²) in [5.74, 6) is -1.21. The minimum atomic E-state index is -2.36. The summed E-state index contributed by atoms with van der Waals surface area (Å²) in [5.41, 5.74) is 5.21. The van der Waals surface area contributed by atoms with Gasteiger partial charge in [-0.2, -0.15) is 0 Å². The molecule has 1 heterocycles. The van der Waals surface area contributed by atoms with Gasteiger partial charge in [-0.1, -0.05) is 0 Å². The third-order valence-electron chi connectivity index (χ3n) is 3.23. The Morgan fingerprint density at radius 3 is 2.55 bits per heavy atom. The van der Waals surface area contributed by atoms with Crippen molar-refractivity contribution in [1.29, 1.82) is 0 Å². The molecular formula is C13H17FN2O3Sn. The first-order chi connectivity index (χ1) is 9.20. The molecule has 20 heavy (non-hydrogen) atoms. The molecule has 1 saturated heterocycles. The quantitative estimate of drug-likeness (QED) is 0.793. The number of carbonyl (C=O) groups excluding carboxylic acids is 2. The van der Waals surface area contributed by atoms with E-state index in [1.807, 2.05) is 6.07 Å². The molecule has 2 N–H and O–H groups in total. The van der Waals surface area contributed by atoms with Crippen LogP contribution in [0.4, 0.5) is 14.9 Å². The second kappa shape index (κ2) is 5.23. The summed E-state index contributed by atoms with van der Waals surface area (Å²) in [6.07, 6.45) is -1.77. The van der Waals surface area contributed by atoms with Crippen molar-refractivity contribution in [1.82, 2.24) is 0 Å². The number of amides is 2. The summed E-state index contributed by atoms with van der Waals surface area (Å²) < 4.78 is 20.0. The molecule has 1 aromatic rings. The van der Waals surface area contributed by atoms with Crippen molar-refractivity contribution in [3.05, 3.63) is 24.0 Å². The first kappa shape index (κ1) is 15.1. The van der Waals surface area contributed by atoms with Gasteiger partial charge < -0.3 is 0 Å². The Labute approximate surface area is 120 Å². The molecule has 7 heteroatoms. The van der Waals surface area contributed by atoms with E-state index in [0.717, 1.165) is 8.48 Å². The summed E-state index contributed by atoms with van der Waals surface area (Å²) in [4.78, 5) is 30.3. The Morgan fingerprint density at radius 1 is 1.45 bits per heavy atom. The van der Waals surface area contributed by atoms with Crippen LogP contribution in [0.15, 0.2) is 18.2 Å². The molecule has 2 amide bonds. The van der Waals surface area contributed by atoms with E-state index in [0.29, 0.717) is 0 Å². The average Bonchev–Trinajstić information content (AvgIpc) is 2.70. The van der Waals surface area contributed by atoms with Gasteiger partial charge in [-0.3, -0.25) is 0 Å². The van der Waals surface area contributed by atoms with Crippen LogP contribution in [-0.2, 0) is 9.53 Å². The topological polar surface area (TPSA) is 72.6 Å². The van der Waals surface area contributed by atoms with E-state index in [2.05, 4.69) is 14.8 Å². The van der Waals surface area contributed by atoms with Gasteiger partial charge in [-0.15, -0.1) is 0 Å². The molecule has 108 valence electrons. The first-order valence-electron chi connectivity index (χ1n) is 6.27. The molecule has 1 aliphatic heterocycles. The molecule has 1 aliphatic rings. The zero-order valence-corrected chi connectivity index (χ0v) is 14.5. The molecule has 1 fully saturated rings. The van der Waals surface area contributed by atoms with Crippen LogP contribution >= 0.6 is 0 Å². The summed E-state index contributed by atoms with van der Waals surface area (Å²) >= 11 is -2.36. The standard InChI is InChI=1S/C10H8FN2O3.3CH3.Sn/c11-6-3-1-2-4-7(6)13-5-8(9(12)14)16-10(13)15;;;;/h2-4,8H,5H2,(H2,12,14);3*1H3;/t8-;;;;/m1..../s1. The third kappa shape index (κ3) is 2.89. The van der Waals surface area contributed by atoms with Gasteiger partial charge in [0.05, 0.1) is 0 Å². The van der Waals surface area contributed by atoms with Gasteiger partial charge in [0.1, 0.15) is 0 Å². The number of carbonyl (C=O) groups is 2. The molecule has 1 aromatic carbocycles. The van der Waals surface area contributed by atoms with Crippen LogP contribution in [0.3, 0.4) is 0 Å². The van der Waals surface area contributed by atoms with Crippen LogP contribution in [0.2, 0.25) is 14.8 Å². The molecule has 2 rings (SSSR count). The third-order valence-corrected chi connectivity index (χ3v) is 9.06. The summed E-state index contributed by atoms with van der Waals surface area (Å²) in [5, 5.41) is 0. The first-order valence-corrected chi connectivity index (χ1v) is 16.3. The van der Waals surface area contributed by atoms with E-state index in [4.69, 9.17) is 10.5 Å². The minimum absolute atomic E-state index is 0.0524. The Kier molecular flexibility index (Phi) is 3.95. The molecule has 0 radical (unpaired) electrons. The van der Waals surface area contributed by atoms with Crippen LogP contribution in [0.1, 0.15) is 0 Å². The maximum absolute atomic E-state index is 14.2. The predicted molar refractivity (Wildman–Crippen MR) is 76.2 cm³/mol. The van der Waals surface area contributed by atoms with E-state index in [1.165, 1.54) is 6.07 Å². The van der Waals surface area contributed by atoms with Crippen LogP contribution < -0.4 is 14.2 Å². The number of cyclic esters (lactones) is 1. The van der Waals surface area contributed by atoms with Crippen LogP contribution in [0.5, 0.6) is 0 Å². The number of rotatable bonds is 3. The van der Waals surface area contributed by atoms with E-state index in [9.17, 15) is 14.0 Å². The van der Waals surface area contributed by atoms with Crippen molar-refractivity contribution >= 4 is 39.6 Å². The number of anilines is 1. The van der Waals surface area contributed by atoms with E-state index < -0.39 is 42.3 Å². The van der Waals surface area contributed by atoms with Gasteiger partial charge in [-0.25, -0.2) is 0 Å². The number of ether oxygens (including phenoxy) is 1. The van der Waals surface area contributed by atoms with E-state index in [-0.39, 0.29) is 12.2 Å². The van der Waals surface area contributed by atoms with Crippen molar-refractivity contribution in [2.45, 2.75) is 20.9 Å². The fourth-order valence-electron chi connectivity index (χ4n) is 2.00. The number of nitrogens with zero attached hydrogens (tertiary/aromatic N) is 1. The van der Waals surface area contributed by atoms with Gasteiger partial charge in [0, 0.05) is 0 Å². The number of primary amides is 1. The predicted octanol–water partition coefficient (Wildman–Crippen LogP) is 1.18. The Morgan fingerprint density at radius 2 is 2.10 bits per heavy atom. The van der Waals surface area contributed by atoms with Crippen LogP contribution in [0, 0.1) is 5.82 Å². The number of nitrogens with two attached hydrogens (primary N) is 1. The van der Waals surface area contributed by atoms with Crippen LogP contribution in [-0.4, -0.2) is 43.0 Å². The van der Waals surface area contributed by atoms with Gasteiger partial charge in [0.25, 0.3) is 0 Å². The van der Waals surface area contributed by atoms with Crippen molar-refractivity contribution < 1.29 is 18.7 Å². The molecule has 1 atom stereocenters. The normalized spacial score (nSPS) is 19.1. The Hall–Kier alpha value is -1.31. The van der Waals surface area contributed by atoms with Crippen molar-refractivity contribution in [3.63, 3.8) is 0 Å². The van der Waals surface area contributed by atoms with Gasteiger partial charge in [0.15, 0.2) is 0 Å². The summed E-state index contributed by atoms with van der Waals surface area (Å²) in [6.45, 7) is -0.0524. The molecule has 0 unspecified atom stereocenters. The van der Waals surface area contributed by atoms with E-state index >= 15 is 0 Å². The second-order valence-corrected chi connectivity index (χ2v) is 20.3. The van der Waals surface area contributed by atoms with E-state index in [1.54, 1.807) is 6.07 Å². The van der Waals surface area contributed by atoms with Gasteiger partial charge in [0.2, 0.25) is 0 Å². The molecule has 0 saturated carbocycles. The zero-order chi connectivity index (χ0) is 15.1. The number of hydrogen-bond donors (Lipinski definition) is 1. The average molecular weight is 387 g/mol. The summed E-state index contributed by atoms with van der Waals surface area (Å²) in [6, 6.07) is 4.90. The number of hydrogen-bond acceptors (Lipinski definition) is 3. The molecule has 5 nitrogen and oxygen atoms in total. The van der Waals surface area contributed by atoms with Crippen molar-refractivity contribution in [2.24, 2.45) is 5.73 Å². The number of halogens is 1. The fourth-order valence-corrected chi connectivity index (χ4v) is 5.26. The molecule has 0 bridgehead atoms. The fraction of sp³-hybridized carbons (Fsp3) is 0.385. The summed E-state index contributed by atoms with van der Waals surface area (Å²) in [7, 11) is 0. The van der Waals surface area contributed by atoms with Gasteiger partial charge in [-0.05, 0) is 0 Å². The molecule has 0 spiro atoms. The number of benzene rings is 1. The molecular weight excluding hydrogens is 370 g/mol. The van der Waals surface area contributed by atoms with Crippen molar-refractivity contribution in [3.8, 4) is 0 Å². The molecule has 0 aliphatic carbocycles. The Balaban J connectivity index is 2.31. The maximum atomic E-state index is 14.2. The van der Waals surface area contributed by atoms with Crippen LogP contribution in [0.25, 0.3) is 0 Å². The Bertz CT molecular complexity index is 571. The van der Waals surface area contributed by atoms with Crippen molar-refractivity contribution in [2.75, 3.05) is 11.4 Å². The van der Waals surface area contributed by atoms with Gasteiger partial charge >= 0.3 is 120 Å². The second-order valence-electron chi connectivity index (χ2n) is 5.80. The molecule has 0 aromatic heterocycles. The SMILES string of the molecule is [CH3][Sn]([CH3])([CH3])[c]1ccc(N2C[C@H](C(N)=O)OC2=O)c(F)c1. The zero-order valence-electron chi connectivity index (χ0n) is 11.6. The monoisotopic (exact) mass is 388 g/mol.